The molecule has 0 unspecified atom stereocenters. The van der Waals surface area contributed by atoms with Gasteiger partial charge < -0.3 is 10.6 Å². The molecular formula is C13H15F3N2O2. The van der Waals surface area contributed by atoms with Crippen LogP contribution in [0.2, 0.25) is 0 Å². The molecule has 1 aromatic rings. The minimum absolute atomic E-state index is 0.0795. The third-order valence-corrected chi connectivity index (χ3v) is 2.64. The average molecular weight is 288 g/mol. The first-order valence-electron chi connectivity index (χ1n) is 6.03. The Kier molecular flexibility index (Phi) is 5.12. The monoisotopic (exact) mass is 288 g/mol. The van der Waals surface area contributed by atoms with Gasteiger partial charge in [-0.25, -0.2) is 0 Å². The zero-order valence-electron chi connectivity index (χ0n) is 11.0. The highest BCUT2D eigenvalue weighted by molar-refractivity contribution is 6.39. The smallest absolute Gasteiger partial charge is 0.345 e. The predicted molar refractivity (Wildman–Crippen MR) is 68.0 cm³/mol. The molecule has 1 rings (SSSR count). The summed E-state index contributed by atoms with van der Waals surface area (Å²) in [6.07, 6.45) is -3.86. The van der Waals surface area contributed by atoms with Gasteiger partial charge in [-0.1, -0.05) is 13.0 Å². The molecule has 0 fully saturated rings. The van der Waals surface area contributed by atoms with Crippen LogP contribution in [0.1, 0.15) is 25.8 Å². The number of hydrogen-bond acceptors (Lipinski definition) is 2. The second kappa shape index (κ2) is 6.40. The average Bonchev–Trinajstić information content (AvgIpc) is 2.37. The largest absolute Gasteiger partial charge is 0.416 e. The Hall–Kier alpha value is -2.05. The van der Waals surface area contributed by atoms with E-state index in [0.717, 1.165) is 18.2 Å². The van der Waals surface area contributed by atoms with Gasteiger partial charge in [0.15, 0.2) is 0 Å². The molecule has 0 radical (unpaired) electrons. The van der Waals surface area contributed by atoms with Gasteiger partial charge in [-0.05, 0) is 31.5 Å². The van der Waals surface area contributed by atoms with Gasteiger partial charge in [-0.15, -0.1) is 0 Å². The number of rotatable bonds is 3. The number of amides is 2. The minimum atomic E-state index is -4.50. The van der Waals surface area contributed by atoms with Crippen LogP contribution in [-0.2, 0) is 15.8 Å². The predicted octanol–water partition coefficient (Wildman–Crippen LogP) is 2.56. The highest BCUT2D eigenvalue weighted by atomic mass is 19.4. The third-order valence-electron chi connectivity index (χ3n) is 2.64. The molecule has 110 valence electrons. The van der Waals surface area contributed by atoms with Crippen molar-refractivity contribution in [3.8, 4) is 0 Å². The fraction of sp³-hybridized carbons (Fsp3) is 0.385. The summed E-state index contributed by atoms with van der Waals surface area (Å²) < 4.78 is 37.5. The van der Waals surface area contributed by atoms with Gasteiger partial charge in [0.1, 0.15) is 0 Å². The van der Waals surface area contributed by atoms with Crippen molar-refractivity contribution in [2.45, 2.75) is 32.5 Å². The molecule has 2 amide bonds. The number of benzene rings is 1. The topological polar surface area (TPSA) is 58.2 Å². The first-order valence-corrected chi connectivity index (χ1v) is 6.03. The maximum absolute atomic E-state index is 12.5. The molecule has 0 heterocycles. The van der Waals surface area contributed by atoms with E-state index >= 15 is 0 Å². The Balaban J connectivity index is 2.74. The standard InChI is InChI=1S/C13H15F3N2O2/c1-3-8(2)17-11(19)12(20)18-10-6-4-5-9(7-10)13(14,15)16/h4-8H,3H2,1-2H3,(H,17,19)(H,18,20)/t8-/m0/s1. The Morgan fingerprint density at radius 3 is 2.45 bits per heavy atom. The molecule has 7 heteroatoms. The van der Waals surface area contributed by atoms with Crippen molar-refractivity contribution in [3.05, 3.63) is 29.8 Å². The van der Waals surface area contributed by atoms with Crippen molar-refractivity contribution in [2.24, 2.45) is 0 Å². The zero-order chi connectivity index (χ0) is 15.3. The lowest BCUT2D eigenvalue weighted by molar-refractivity contribution is -0.137. The summed E-state index contributed by atoms with van der Waals surface area (Å²) in [5.74, 6) is -1.87. The molecule has 0 aromatic heterocycles. The SMILES string of the molecule is CC[C@H](C)NC(=O)C(=O)Nc1cccc(C(F)(F)F)c1. The maximum Gasteiger partial charge on any atom is 0.416 e. The van der Waals surface area contributed by atoms with Crippen molar-refractivity contribution in [2.75, 3.05) is 5.32 Å². The highest BCUT2D eigenvalue weighted by Gasteiger charge is 2.30. The van der Waals surface area contributed by atoms with Crippen LogP contribution in [0.15, 0.2) is 24.3 Å². The number of carbonyl (C=O) groups is 2. The van der Waals surface area contributed by atoms with Gasteiger partial charge in [0, 0.05) is 11.7 Å². The van der Waals surface area contributed by atoms with E-state index < -0.39 is 23.6 Å². The normalized spacial score (nSPS) is 12.7. The number of nitrogens with one attached hydrogen (secondary N) is 2. The van der Waals surface area contributed by atoms with Crippen LogP contribution in [-0.4, -0.2) is 17.9 Å². The zero-order valence-corrected chi connectivity index (χ0v) is 11.0. The Morgan fingerprint density at radius 2 is 1.90 bits per heavy atom. The fourth-order valence-corrected chi connectivity index (χ4v) is 1.35. The summed E-state index contributed by atoms with van der Waals surface area (Å²) >= 11 is 0. The molecule has 2 N–H and O–H groups in total. The number of halogens is 3. The van der Waals surface area contributed by atoms with Gasteiger partial charge >= 0.3 is 18.0 Å². The molecule has 1 aromatic carbocycles. The van der Waals surface area contributed by atoms with Crippen LogP contribution in [0.5, 0.6) is 0 Å². The first-order chi connectivity index (χ1) is 9.24. The van der Waals surface area contributed by atoms with E-state index in [0.29, 0.717) is 6.42 Å². The second-order valence-corrected chi connectivity index (χ2v) is 4.32. The number of anilines is 1. The quantitative estimate of drug-likeness (QED) is 0.840. The number of alkyl halides is 3. The molecule has 0 spiro atoms. The molecule has 0 bridgehead atoms. The molecule has 0 saturated heterocycles. The van der Waals surface area contributed by atoms with E-state index in [1.54, 1.807) is 6.92 Å². The summed E-state index contributed by atoms with van der Waals surface area (Å²) in [7, 11) is 0. The van der Waals surface area contributed by atoms with Crippen molar-refractivity contribution in [1.82, 2.24) is 5.32 Å². The van der Waals surface area contributed by atoms with Gasteiger partial charge in [0.05, 0.1) is 5.56 Å². The summed E-state index contributed by atoms with van der Waals surface area (Å²) in [4.78, 5) is 23.0. The van der Waals surface area contributed by atoms with E-state index in [2.05, 4.69) is 10.6 Å². The van der Waals surface area contributed by atoms with Gasteiger partial charge in [-0.2, -0.15) is 13.2 Å². The Labute approximate surface area is 114 Å². The molecule has 4 nitrogen and oxygen atoms in total. The maximum atomic E-state index is 12.5. The van der Waals surface area contributed by atoms with Crippen molar-refractivity contribution in [1.29, 1.82) is 0 Å². The Morgan fingerprint density at radius 1 is 1.25 bits per heavy atom. The minimum Gasteiger partial charge on any atom is -0.345 e. The van der Waals surface area contributed by atoms with Crippen molar-refractivity contribution < 1.29 is 22.8 Å². The summed E-state index contributed by atoms with van der Waals surface area (Å²) in [6.45, 7) is 3.55. The number of carbonyl (C=O) groups excluding carboxylic acids is 2. The molecule has 0 aliphatic rings. The van der Waals surface area contributed by atoms with Crippen molar-refractivity contribution >= 4 is 17.5 Å². The van der Waals surface area contributed by atoms with E-state index in [4.69, 9.17) is 0 Å². The van der Waals surface area contributed by atoms with E-state index in [-0.39, 0.29) is 11.7 Å². The molecule has 20 heavy (non-hydrogen) atoms. The fourth-order valence-electron chi connectivity index (χ4n) is 1.35. The Bertz CT molecular complexity index is 501. The van der Waals surface area contributed by atoms with Crippen LogP contribution >= 0.6 is 0 Å². The molecule has 0 aliphatic carbocycles. The van der Waals surface area contributed by atoms with Gasteiger partial charge in [-0.3, -0.25) is 9.59 Å². The van der Waals surface area contributed by atoms with E-state index in [1.165, 1.54) is 6.07 Å². The summed E-state index contributed by atoms with van der Waals surface area (Å²) in [5.41, 5.74) is -0.971. The van der Waals surface area contributed by atoms with Crippen LogP contribution in [0.25, 0.3) is 0 Å². The lowest BCUT2D eigenvalue weighted by Gasteiger charge is -2.12. The van der Waals surface area contributed by atoms with Crippen LogP contribution < -0.4 is 10.6 Å². The molecule has 0 saturated carbocycles. The van der Waals surface area contributed by atoms with E-state index in [1.807, 2.05) is 6.92 Å². The van der Waals surface area contributed by atoms with Crippen molar-refractivity contribution in [3.63, 3.8) is 0 Å². The lowest BCUT2D eigenvalue weighted by atomic mass is 10.2. The first kappa shape index (κ1) is 16.0. The van der Waals surface area contributed by atoms with Gasteiger partial charge in [0.25, 0.3) is 0 Å². The second-order valence-electron chi connectivity index (χ2n) is 4.32. The summed E-state index contributed by atoms with van der Waals surface area (Å²) in [6, 6.07) is 3.91. The third kappa shape index (κ3) is 4.56. The molecular weight excluding hydrogens is 273 g/mol. The highest BCUT2D eigenvalue weighted by Crippen LogP contribution is 2.30. The lowest BCUT2D eigenvalue weighted by Crippen LogP contribution is -2.40. The van der Waals surface area contributed by atoms with Crippen LogP contribution in [0.3, 0.4) is 0 Å². The molecule has 1 atom stereocenters. The van der Waals surface area contributed by atoms with E-state index in [9.17, 15) is 22.8 Å². The van der Waals surface area contributed by atoms with Crippen LogP contribution in [0, 0.1) is 0 Å². The summed E-state index contributed by atoms with van der Waals surface area (Å²) in [5, 5.41) is 4.55. The van der Waals surface area contributed by atoms with Crippen LogP contribution in [0.4, 0.5) is 18.9 Å². The van der Waals surface area contributed by atoms with Gasteiger partial charge in [0.2, 0.25) is 0 Å². The molecule has 0 aliphatic heterocycles. The number of hydrogen-bond donors (Lipinski definition) is 2.